The van der Waals surface area contributed by atoms with Crippen molar-refractivity contribution in [2.45, 2.75) is 13.5 Å². The van der Waals surface area contributed by atoms with Crippen LogP contribution in [0.2, 0.25) is 0 Å². The average Bonchev–Trinajstić information content (AvgIpc) is 3.32. The SMILES string of the molecule is CCOC(=O)Cn1cc(-c2nc(-c3ccc4c(c3)OCO4)no2)ccc1=O. The summed E-state index contributed by atoms with van der Waals surface area (Å²) in [5.41, 5.74) is 0.884. The van der Waals surface area contributed by atoms with Gasteiger partial charge in [-0.05, 0) is 31.2 Å². The molecule has 0 fully saturated rings. The number of rotatable bonds is 5. The topological polar surface area (TPSA) is 106 Å². The summed E-state index contributed by atoms with van der Waals surface area (Å²) < 4.78 is 22.0. The van der Waals surface area contributed by atoms with Crippen molar-refractivity contribution < 1.29 is 23.5 Å². The van der Waals surface area contributed by atoms with Gasteiger partial charge in [0.15, 0.2) is 11.5 Å². The summed E-state index contributed by atoms with van der Waals surface area (Å²) in [6.45, 7) is 1.94. The molecule has 1 aliphatic rings. The van der Waals surface area contributed by atoms with E-state index in [1.165, 1.54) is 16.8 Å². The Hall–Kier alpha value is -3.62. The van der Waals surface area contributed by atoms with Crippen LogP contribution >= 0.6 is 0 Å². The van der Waals surface area contributed by atoms with Crippen LogP contribution in [0.15, 0.2) is 45.8 Å². The van der Waals surface area contributed by atoms with Gasteiger partial charge in [0.1, 0.15) is 6.54 Å². The Labute approximate surface area is 153 Å². The zero-order chi connectivity index (χ0) is 18.8. The van der Waals surface area contributed by atoms with Crippen LogP contribution in [0.4, 0.5) is 0 Å². The highest BCUT2D eigenvalue weighted by molar-refractivity contribution is 5.69. The zero-order valence-electron chi connectivity index (χ0n) is 14.4. The number of carbonyl (C=O) groups excluding carboxylic acids is 1. The first kappa shape index (κ1) is 16.8. The number of pyridine rings is 1. The predicted octanol–water partition coefficient (Wildman–Crippen LogP) is 1.86. The molecule has 0 saturated carbocycles. The van der Waals surface area contributed by atoms with Crippen molar-refractivity contribution in [1.29, 1.82) is 0 Å². The van der Waals surface area contributed by atoms with E-state index < -0.39 is 5.97 Å². The largest absolute Gasteiger partial charge is 0.465 e. The first-order valence-corrected chi connectivity index (χ1v) is 8.24. The lowest BCUT2D eigenvalue weighted by Crippen LogP contribution is -2.24. The zero-order valence-corrected chi connectivity index (χ0v) is 14.4. The Balaban J connectivity index is 1.61. The van der Waals surface area contributed by atoms with Crippen LogP contribution in [0.25, 0.3) is 22.8 Å². The van der Waals surface area contributed by atoms with Crippen LogP contribution in [0.1, 0.15) is 6.92 Å². The molecule has 0 bridgehead atoms. The summed E-state index contributed by atoms with van der Waals surface area (Å²) >= 11 is 0. The number of esters is 1. The molecule has 1 aliphatic heterocycles. The fourth-order valence-corrected chi connectivity index (χ4v) is 2.62. The van der Waals surface area contributed by atoms with E-state index in [0.29, 0.717) is 28.5 Å². The summed E-state index contributed by atoms with van der Waals surface area (Å²) in [4.78, 5) is 27.9. The molecular weight excluding hydrogens is 354 g/mol. The number of hydrogen-bond donors (Lipinski definition) is 0. The van der Waals surface area contributed by atoms with Crippen molar-refractivity contribution in [1.82, 2.24) is 14.7 Å². The normalized spacial score (nSPS) is 12.2. The van der Waals surface area contributed by atoms with Gasteiger partial charge < -0.3 is 23.3 Å². The lowest BCUT2D eigenvalue weighted by molar-refractivity contribution is -0.143. The molecule has 0 aliphatic carbocycles. The Morgan fingerprint density at radius 1 is 1.19 bits per heavy atom. The van der Waals surface area contributed by atoms with Gasteiger partial charge in [-0.3, -0.25) is 9.59 Å². The number of hydrogen-bond acceptors (Lipinski definition) is 8. The van der Waals surface area contributed by atoms with E-state index in [9.17, 15) is 9.59 Å². The lowest BCUT2D eigenvalue weighted by Gasteiger charge is -2.05. The van der Waals surface area contributed by atoms with Gasteiger partial charge in [0.2, 0.25) is 12.6 Å². The minimum atomic E-state index is -0.497. The third-order valence-corrected chi connectivity index (χ3v) is 3.89. The predicted molar refractivity (Wildman–Crippen MR) is 92.2 cm³/mol. The van der Waals surface area contributed by atoms with Crippen molar-refractivity contribution in [3.8, 4) is 34.3 Å². The third kappa shape index (κ3) is 3.39. The third-order valence-electron chi connectivity index (χ3n) is 3.89. The molecule has 0 atom stereocenters. The van der Waals surface area contributed by atoms with Gasteiger partial charge in [-0.1, -0.05) is 5.16 Å². The van der Waals surface area contributed by atoms with Crippen LogP contribution < -0.4 is 15.0 Å². The lowest BCUT2D eigenvalue weighted by atomic mass is 10.2. The highest BCUT2D eigenvalue weighted by atomic mass is 16.7. The van der Waals surface area contributed by atoms with Crippen LogP contribution in [-0.2, 0) is 16.1 Å². The molecule has 3 heterocycles. The van der Waals surface area contributed by atoms with Gasteiger partial charge in [0.05, 0.1) is 12.2 Å². The van der Waals surface area contributed by atoms with Crippen LogP contribution in [0, 0.1) is 0 Å². The van der Waals surface area contributed by atoms with E-state index in [2.05, 4.69) is 10.1 Å². The summed E-state index contributed by atoms with van der Waals surface area (Å²) in [5.74, 6) is 1.37. The first-order valence-electron chi connectivity index (χ1n) is 8.24. The van der Waals surface area contributed by atoms with Gasteiger partial charge in [0, 0.05) is 17.8 Å². The average molecular weight is 369 g/mol. The Morgan fingerprint density at radius 3 is 2.85 bits per heavy atom. The van der Waals surface area contributed by atoms with Crippen LogP contribution in [0.5, 0.6) is 11.5 Å². The number of carbonyl (C=O) groups is 1. The first-order chi connectivity index (χ1) is 13.1. The molecule has 1 aromatic carbocycles. The van der Waals surface area contributed by atoms with E-state index in [0.717, 1.165) is 0 Å². The molecule has 0 radical (unpaired) electrons. The van der Waals surface area contributed by atoms with Crippen molar-refractivity contribution in [2.24, 2.45) is 0 Å². The van der Waals surface area contributed by atoms with Gasteiger partial charge in [-0.15, -0.1) is 0 Å². The Kier molecular flexibility index (Phi) is 4.33. The maximum absolute atomic E-state index is 11.9. The van der Waals surface area contributed by atoms with Crippen molar-refractivity contribution in [3.63, 3.8) is 0 Å². The number of benzene rings is 1. The van der Waals surface area contributed by atoms with Crippen molar-refractivity contribution >= 4 is 5.97 Å². The molecule has 0 saturated heterocycles. The van der Waals surface area contributed by atoms with Gasteiger partial charge >= 0.3 is 5.97 Å². The molecule has 0 spiro atoms. The monoisotopic (exact) mass is 369 g/mol. The minimum absolute atomic E-state index is 0.179. The summed E-state index contributed by atoms with van der Waals surface area (Å²) in [6, 6.07) is 8.22. The standard InChI is InChI=1S/C18H15N3O6/c1-2-24-16(23)9-21-8-12(4-6-15(21)22)18-19-17(20-27-18)11-3-5-13-14(7-11)26-10-25-13/h3-8H,2,9-10H2,1H3. The Morgan fingerprint density at radius 2 is 2.00 bits per heavy atom. The number of nitrogens with zero attached hydrogens (tertiary/aromatic N) is 3. The summed E-state index contributed by atoms with van der Waals surface area (Å²) in [5, 5.41) is 3.97. The number of aromatic nitrogens is 3. The molecule has 138 valence electrons. The van der Waals surface area contributed by atoms with Gasteiger partial charge in [-0.2, -0.15) is 4.98 Å². The smallest absolute Gasteiger partial charge is 0.326 e. The van der Waals surface area contributed by atoms with E-state index >= 15 is 0 Å². The molecular formula is C18H15N3O6. The number of fused-ring (bicyclic) bond motifs is 1. The Bertz CT molecular complexity index is 1060. The van der Waals surface area contributed by atoms with E-state index in [1.54, 1.807) is 31.2 Å². The second-order valence-electron chi connectivity index (χ2n) is 5.68. The molecule has 4 rings (SSSR count). The van der Waals surface area contributed by atoms with Crippen molar-refractivity contribution in [2.75, 3.05) is 13.4 Å². The second-order valence-corrected chi connectivity index (χ2v) is 5.68. The highest BCUT2D eigenvalue weighted by Crippen LogP contribution is 2.35. The van der Waals surface area contributed by atoms with E-state index in [4.69, 9.17) is 18.7 Å². The quantitative estimate of drug-likeness (QED) is 0.628. The maximum Gasteiger partial charge on any atom is 0.326 e. The summed E-state index contributed by atoms with van der Waals surface area (Å²) in [7, 11) is 0. The maximum atomic E-state index is 11.9. The highest BCUT2D eigenvalue weighted by Gasteiger charge is 2.17. The molecule has 9 heteroatoms. The fraction of sp³-hybridized carbons (Fsp3) is 0.222. The molecule has 27 heavy (non-hydrogen) atoms. The fourth-order valence-electron chi connectivity index (χ4n) is 2.62. The molecule has 0 N–H and O–H groups in total. The van der Waals surface area contributed by atoms with E-state index in [-0.39, 0.29) is 31.4 Å². The van der Waals surface area contributed by atoms with Crippen LogP contribution in [0.3, 0.4) is 0 Å². The summed E-state index contributed by atoms with van der Waals surface area (Å²) in [6.07, 6.45) is 1.48. The van der Waals surface area contributed by atoms with Gasteiger partial charge in [-0.25, -0.2) is 0 Å². The molecule has 2 aromatic heterocycles. The minimum Gasteiger partial charge on any atom is -0.465 e. The molecule has 0 amide bonds. The molecule has 9 nitrogen and oxygen atoms in total. The van der Waals surface area contributed by atoms with Crippen LogP contribution in [-0.4, -0.2) is 34.1 Å². The second kappa shape index (κ2) is 6.94. The molecule has 0 unspecified atom stereocenters. The van der Waals surface area contributed by atoms with Crippen molar-refractivity contribution in [3.05, 3.63) is 46.9 Å². The van der Waals surface area contributed by atoms with E-state index in [1.807, 2.05) is 0 Å². The number of ether oxygens (including phenoxy) is 3. The molecule has 3 aromatic rings. The van der Waals surface area contributed by atoms with Gasteiger partial charge in [0.25, 0.3) is 11.4 Å².